The van der Waals surface area contributed by atoms with Crippen LogP contribution in [0.5, 0.6) is 0 Å². The van der Waals surface area contributed by atoms with Gasteiger partial charge in [0, 0.05) is 25.0 Å². The zero-order valence-electron chi connectivity index (χ0n) is 17.5. The van der Waals surface area contributed by atoms with Gasteiger partial charge in [0.15, 0.2) is 0 Å². The van der Waals surface area contributed by atoms with Crippen LogP contribution in [-0.4, -0.2) is 73.4 Å². The number of hydrogen-bond donors (Lipinski definition) is 6. The SMILES string of the molecule is CC/C(C)=C(/N)CCOCC(CO)(COCC/C(N)=N/O)COCC/C(N)=N\O. The van der Waals surface area contributed by atoms with E-state index in [0.29, 0.717) is 13.0 Å². The Morgan fingerprint density at radius 2 is 1.24 bits per heavy atom. The third-order valence-electron chi connectivity index (χ3n) is 4.42. The van der Waals surface area contributed by atoms with Gasteiger partial charge in [-0.1, -0.05) is 22.8 Å². The van der Waals surface area contributed by atoms with Gasteiger partial charge < -0.3 is 46.9 Å². The van der Waals surface area contributed by atoms with Gasteiger partial charge in [0.25, 0.3) is 0 Å². The Labute approximate surface area is 172 Å². The Kier molecular flexibility index (Phi) is 14.7. The summed E-state index contributed by atoms with van der Waals surface area (Å²) in [4.78, 5) is 0. The maximum atomic E-state index is 9.97. The molecule has 29 heavy (non-hydrogen) atoms. The number of allylic oxidation sites excluding steroid dienone is 1. The van der Waals surface area contributed by atoms with Crippen LogP contribution in [0.3, 0.4) is 0 Å². The van der Waals surface area contributed by atoms with E-state index in [1.807, 2.05) is 13.8 Å². The van der Waals surface area contributed by atoms with Gasteiger partial charge in [-0.25, -0.2) is 0 Å². The molecule has 0 bridgehead atoms. The number of nitrogens with zero attached hydrogens (tertiary/aromatic N) is 2. The first-order valence-electron chi connectivity index (χ1n) is 9.55. The molecule has 11 heteroatoms. The summed E-state index contributed by atoms with van der Waals surface area (Å²) in [5.74, 6) is 0.110. The van der Waals surface area contributed by atoms with Gasteiger partial charge in [-0.3, -0.25) is 0 Å². The molecular weight excluding hydrogens is 382 g/mol. The first-order valence-corrected chi connectivity index (χ1v) is 9.55. The summed E-state index contributed by atoms with van der Waals surface area (Å²) in [5.41, 5.74) is 18.0. The van der Waals surface area contributed by atoms with Crippen LogP contribution in [-0.2, 0) is 14.2 Å². The Morgan fingerprint density at radius 1 is 0.828 bits per heavy atom. The molecule has 0 saturated carbocycles. The average Bonchev–Trinajstić information content (AvgIpc) is 2.75. The third-order valence-corrected chi connectivity index (χ3v) is 4.42. The zero-order valence-corrected chi connectivity index (χ0v) is 17.5. The van der Waals surface area contributed by atoms with Gasteiger partial charge in [-0.05, 0) is 13.3 Å². The molecule has 9 N–H and O–H groups in total. The number of aliphatic hydroxyl groups excluding tert-OH is 1. The fraction of sp³-hybridized carbons (Fsp3) is 0.778. The van der Waals surface area contributed by atoms with E-state index < -0.39 is 5.41 Å². The summed E-state index contributed by atoms with van der Waals surface area (Å²) in [6, 6.07) is 0. The zero-order chi connectivity index (χ0) is 22.1. The Bertz CT molecular complexity index is 513. The second-order valence-electron chi connectivity index (χ2n) is 6.91. The van der Waals surface area contributed by atoms with Crippen molar-refractivity contribution in [2.75, 3.05) is 46.2 Å². The van der Waals surface area contributed by atoms with E-state index >= 15 is 0 Å². The molecule has 11 nitrogen and oxygen atoms in total. The summed E-state index contributed by atoms with van der Waals surface area (Å²) in [6.45, 7) is 5.10. The lowest BCUT2D eigenvalue weighted by atomic mass is 9.92. The summed E-state index contributed by atoms with van der Waals surface area (Å²) in [6.07, 6.45) is 1.98. The molecule has 0 spiro atoms. The lowest BCUT2D eigenvalue weighted by Crippen LogP contribution is -2.41. The van der Waals surface area contributed by atoms with Crippen LogP contribution in [0, 0.1) is 5.41 Å². The molecule has 1 atom stereocenters. The van der Waals surface area contributed by atoms with E-state index in [1.54, 1.807) is 0 Å². The molecule has 0 aromatic carbocycles. The van der Waals surface area contributed by atoms with E-state index in [-0.39, 0.29) is 64.2 Å². The van der Waals surface area contributed by atoms with Crippen molar-refractivity contribution in [2.24, 2.45) is 32.9 Å². The molecule has 0 amide bonds. The number of ether oxygens (including phenoxy) is 3. The lowest BCUT2D eigenvalue weighted by Gasteiger charge is -2.31. The summed E-state index contributed by atoms with van der Waals surface area (Å²) < 4.78 is 16.9. The van der Waals surface area contributed by atoms with E-state index in [2.05, 4.69) is 10.3 Å². The highest BCUT2D eigenvalue weighted by Crippen LogP contribution is 2.20. The minimum absolute atomic E-state index is 0.0550. The third kappa shape index (κ3) is 12.2. The maximum Gasteiger partial charge on any atom is 0.141 e. The first-order chi connectivity index (χ1) is 13.8. The molecule has 0 radical (unpaired) electrons. The van der Waals surface area contributed by atoms with Crippen molar-refractivity contribution in [2.45, 2.75) is 39.5 Å². The molecule has 0 aliphatic heterocycles. The van der Waals surface area contributed by atoms with Crippen LogP contribution in [0.15, 0.2) is 21.6 Å². The number of oxime groups is 2. The molecule has 0 aliphatic rings. The molecule has 170 valence electrons. The minimum Gasteiger partial charge on any atom is -0.409 e. The lowest BCUT2D eigenvalue weighted by molar-refractivity contribution is -0.0909. The normalized spacial score (nSPS) is 15.8. The van der Waals surface area contributed by atoms with Crippen molar-refractivity contribution in [3.05, 3.63) is 11.3 Å². The molecule has 0 saturated heterocycles. The number of amidine groups is 2. The van der Waals surface area contributed by atoms with Gasteiger partial charge in [-0.2, -0.15) is 0 Å². The van der Waals surface area contributed by atoms with Gasteiger partial charge in [0.1, 0.15) is 11.7 Å². The van der Waals surface area contributed by atoms with Crippen LogP contribution >= 0.6 is 0 Å². The number of nitrogens with two attached hydrogens (primary N) is 3. The van der Waals surface area contributed by atoms with Crippen LogP contribution < -0.4 is 17.2 Å². The number of aliphatic hydroxyl groups is 1. The van der Waals surface area contributed by atoms with Crippen molar-refractivity contribution in [1.82, 2.24) is 0 Å². The number of hydrogen-bond acceptors (Lipinski definition) is 9. The van der Waals surface area contributed by atoms with Crippen molar-refractivity contribution >= 4 is 11.7 Å². The highest BCUT2D eigenvalue weighted by atomic mass is 16.5. The topological polar surface area (TPSA) is 191 Å². The number of rotatable bonds is 17. The van der Waals surface area contributed by atoms with Gasteiger partial charge >= 0.3 is 0 Å². The quantitative estimate of drug-likeness (QED) is 0.0633. The molecule has 0 aromatic rings. The van der Waals surface area contributed by atoms with E-state index in [1.165, 1.54) is 0 Å². The van der Waals surface area contributed by atoms with Crippen molar-refractivity contribution in [1.29, 1.82) is 0 Å². The molecule has 0 aliphatic carbocycles. The highest BCUT2D eigenvalue weighted by Gasteiger charge is 2.31. The standard InChI is InChI=1S/C18H37N5O6/c1-3-14(2)15(19)4-7-27-11-18(10-24,12-28-8-5-16(20)22-25)13-29-9-6-17(21)23-26/h24-26H,3-13,19H2,1-2H3,(H2,20,22)(H2,21,23)/b15-14+. The molecule has 0 fully saturated rings. The van der Waals surface area contributed by atoms with Crippen LogP contribution in [0.4, 0.5) is 0 Å². The largest absolute Gasteiger partial charge is 0.409 e. The van der Waals surface area contributed by atoms with E-state index in [4.69, 9.17) is 41.8 Å². The van der Waals surface area contributed by atoms with Crippen molar-refractivity contribution in [3.8, 4) is 0 Å². The second kappa shape index (κ2) is 15.8. The second-order valence-corrected chi connectivity index (χ2v) is 6.91. The molecular formula is C18H37N5O6. The maximum absolute atomic E-state index is 9.97. The van der Waals surface area contributed by atoms with Gasteiger partial charge in [-0.15, -0.1) is 0 Å². The fourth-order valence-corrected chi connectivity index (χ4v) is 2.20. The van der Waals surface area contributed by atoms with Gasteiger partial charge in [0.05, 0.1) is 51.7 Å². The highest BCUT2D eigenvalue weighted by molar-refractivity contribution is 5.79. The summed E-state index contributed by atoms with van der Waals surface area (Å²) >= 11 is 0. The fourth-order valence-electron chi connectivity index (χ4n) is 2.20. The smallest absolute Gasteiger partial charge is 0.141 e. The van der Waals surface area contributed by atoms with Gasteiger partial charge in [0.2, 0.25) is 0 Å². The molecule has 0 rings (SSSR count). The average molecular weight is 420 g/mol. The summed E-state index contributed by atoms with van der Waals surface area (Å²) in [7, 11) is 0. The molecule has 1 unspecified atom stereocenters. The Balaban J connectivity index is 4.72. The van der Waals surface area contributed by atoms with Crippen LogP contribution in [0.1, 0.15) is 39.5 Å². The van der Waals surface area contributed by atoms with Crippen molar-refractivity contribution in [3.63, 3.8) is 0 Å². The van der Waals surface area contributed by atoms with E-state index in [9.17, 15) is 5.11 Å². The summed E-state index contributed by atoms with van der Waals surface area (Å²) in [5, 5.41) is 32.9. The monoisotopic (exact) mass is 419 g/mol. The first kappa shape index (κ1) is 26.9. The Morgan fingerprint density at radius 3 is 1.59 bits per heavy atom. The van der Waals surface area contributed by atoms with Crippen LogP contribution in [0.25, 0.3) is 0 Å². The molecule has 0 heterocycles. The van der Waals surface area contributed by atoms with E-state index in [0.717, 1.165) is 17.7 Å². The predicted octanol–water partition coefficient (Wildman–Crippen LogP) is 0.321. The Hall–Kier alpha value is -2.08. The predicted molar refractivity (Wildman–Crippen MR) is 110 cm³/mol. The molecule has 0 aromatic heterocycles. The van der Waals surface area contributed by atoms with Crippen molar-refractivity contribution < 1.29 is 29.7 Å². The minimum atomic E-state index is -0.811. The van der Waals surface area contributed by atoms with Crippen LogP contribution in [0.2, 0.25) is 0 Å².